The summed E-state index contributed by atoms with van der Waals surface area (Å²) in [6.45, 7) is 4.48. The minimum Gasteiger partial charge on any atom is -0.461 e. The number of benzene rings is 3. The number of aromatic nitrogens is 2. The molecule has 0 unspecified atom stereocenters. The molecule has 4 aliphatic heterocycles. The summed E-state index contributed by atoms with van der Waals surface area (Å²) in [6.07, 6.45) is 12.8. The standard InChI is InChI=1S/C34H34FN5O/c1-2-22-7-3-8-23-9-4-10-26(29(22)23)27-13-14-28-31(30(27)35)37-33(41-21-34-15-5-17-40(34)18-6-16-34)38-32(28)39-19-24-11-12-25(20-39)36-24/h1,3-4,7-10,13-14,24-25,36H,5-6,11-12,15-21H2/t24-,25+. The topological polar surface area (TPSA) is 53.5 Å². The van der Waals surface area contributed by atoms with Crippen LogP contribution in [0.3, 0.4) is 0 Å². The molecule has 1 aromatic heterocycles. The molecule has 0 saturated carbocycles. The first-order chi connectivity index (χ1) is 20.1. The van der Waals surface area contributed by atoms with Gasteiger partial charge < -0.3 is 15.0 Å². The molecule has 2 bridgehead atoms. The number of fused-ring (bicyclic) bond motifs is 5. The Bertz CT molecular complexity index is 1690. The molecule has 4 aromatic rings. The second-order valence-electron chi connectivity index (χ2n) is 12.3. The predicted octanol–water partition coefficient (Wildman–Crippen LogP) is 5.52. The van der Waals surface area contributed by atoms with Gasteiger partial charge in [0, 0.05) is 47.1 Å². The lowest BCUT2D eigenvalue weighted by molar-refractivity contribution is 0.108. The van der Waals surface area contributed by atoms with E-state index in [0.717, 1.165) is 85.0 Å². The second-order valence-corrected chi connectivity index (χ2v) is 12.3. The Kier molecular flexibility index (Phi) is 5.91. The molecule has 0 spiro atoms. The van der Waals surface area contributed by atoms with Crippen LogP contribution in [0.4, 0.5) is 10.2 Å². The highest BCUT2D eigenvalue weighted by molar-refractivity contribution is 6.03. The average molecular weight is 548 g/mol. The Morgan fingerprint density at radius 2 is 1.73 bits per heavy atom. The van der Waals surface area contributed by atoms with Gasteiger partial charge in [0.25, 0.3) is 0 Å². The maximum absolute atomic E-state index is 16.7. The molecule has 7 heteroatoms. The van der Waals surface area contributed by atoms with Gasteiger partial charge in [0.15, 0.2) is 5.82 Å². The lowest BCUT2D eigenvalue weighted by atomic mass is 9.94. The summed E-state index contributed by atoms with van der Waals surface area (Å²) in [4.78, 5) is 14.6. The molecule has 8 rings (SSSR count). The van der Waals surface area contributed by atoms with Crippen molar-refractivity contribution in [2.24, 2.45) is 0 Å². The van der Waals surface area contributed by atoms with Crippen LogP contribution in [0, 0.1) is 18.2 Å². The smallest absolute Gasteiger partial charge is 0.319 e. The molecule has 6 nitrogen and oxygen atoms in total. The SMILES string of the molecule is C#Cc1cccc2cccc(-c3ccc4c(N5C[C@H]6CC[C@@H](C5)N6)nc(OCC56CCCN5CCC6)nc4c3F)c12. The first-order valence-corrected chi connectivity index (χ1v) is 15.0. The fraction of sp³-hybridized carbons (Fsp3) is 0.412. The molecule has 2 atom stereocenters. The first-order valence-electron chi connectivity index (χ1n) is 15.0. The summed E-state index contributed by atoms with van der Waals surface area (Å²) in [5, 5.41) is 6.28. The van der Waals surface area contributed by atoms with Crippen LogP contribution in [0.2, 0.25) is 0 Å². The molecule has 4 fully saturated rings. The summed E-state index contributed by atoms with van der Waals surface area (Å²) in [7, 11) is 0. The van der Waals surface area contributed by atoms with Crippen molar-refractivity contribution in [1.29, 1.82) is 0 Å². The molecule has 0 aliphatic carbocycles. The van der Waals surface area contributed by atoms with Crippen molar-refractivity contribution in [2.75, 3.05) is 37.7 Å². The third-order valence-corrected chi connectivity index (χ3v) is 9.91. The highest BCUT2D eigenvalue weighted by Gasteiger charge is 2.45. The monoisotopic (exact) mass is 547 g/mol. The van der Waals surface area contributed by atoms with Gasteiger partial charge in [-0.25, -0.2) is 4.39 Å². The van der Waals surface area contributed by atoms with Crippen LogP contribution in [0.25, 0.3) is 32.8 Å². The molecule has 208 valence electrons. The third-order valence-electron chi connectivity index (χ3n) is 9.91. The van der Waals surface area contributed by atoms with E-state index in [4.69, 9.17) is 21.1 Å². The molecule has 5 heterocycles. The summed E-state index contributed by atoms with van der Waals surface area (Å²) < 4.78 is 23.1. The fourth-order valence-electron chi connectivity index (χ4n) is 7.95. The Labute approximate surface area is 239 Å². The van der Waals surface area contributed by atoms with Crippen molar-refractivity contribution in [3.8, 4) is 29.5 Å². The van der Waals surface area contributed by atoms with Crippen LogP contribution >= 0.6 is 0 Å². The lowest BCUT2D eigenvalue weighted by Crippen LogP contribution is -2.51. The Morgan fingerprint density at radius 1 is 0.976 bits per heavy atom. The van der Waals surface area contributed by atoms with Crippen LogP contribution in [0.5, 0.6) is 6.01 Å². The van der Waals surface area contributed by atoms with Gasteiger partial charge in [-0.05, 0) is 74.7 Å². The van der Waals surface area contributed by atoms with E-state index in [2.05, 4.69) is 21.0 Å². The molecule has 3 aromatic carbocycles. The maximum Gasteiger partial charge on any atom is 0.319 e. The number of nitrogens with one attached hydrogen (secondary N) is 1. The van der Waals surface area contributed by atoms with Gasteiger partial charge >= 0.3 is 6.01 Å². The Hall–Kier alpha value is -3.73. The molecule has 4 aliphatic rings. The summed E-state index contributed by atoms with van der Waals surface area (Å²) >= 11 is 0. The maximum atomic E-state index is 16.7. The highest BCUT2D eigenvalue weighted by Crippen LogP contribution is 2.41. The highest BCUT2D eigenvalue weighted by atomic mass is 19.1. The quantitative estimate of drug-likeness (QED) is 0.332. The van der Waals surface area contributed by atoms with Crippen molar-refractivity contribution >= 4 is 27.5 Å². The number of hydrogen-bond acceptors (Lipinski definition) is 6. The molecule has 41 heavy (non-hydrogen) atoms. The zero-order valence-electron chi connectivity index (χ0n) is 23.2. The third kappa shape index (κ3) is 4.07. The van der Waals surface area contributed by atoms with Crippen LogP contribution in [-0.4, -0.2) is 65.3 Å². The average Bonchev–Trinajstić information content (AvgIpc) is 3.69. The van der Waals surface area contributed by atoms with E-state index in [1.807, 2.05) is 48.5 Å². The summed E-state index contributed by atoms with van der Waals surface area (Å²) in [6, 6.07) is 16.7. The zero-order chi connectivity index (χ0) is 27.6. The van der Waals surface area contributed by atoms with E-state index in [0.29, 0.717) is 29.8 Å². The largest absolute Gasteiger partial charge is 0.461 e. The van der Waals surface area contributed by atoms with E-state index < -0.39 is 0 Å². The molecule has 0 radical (unpaired) electrons. The number of terminal acetylenes is 1. The van der Waals surface area contributed by atoms with Gasteiger partial charge in [0.2, 0.25) is 0 Å². The van der Waals surface area contributed by atoms with Crippen molar-refractivity contribution in [1.82, 2.24) is 20.2 Å². The van der Waals surface area contributed by atoms with Crippen molar-refractivity contribution in [2.45, 2.75) is 56.1 Å². The first kappa shape index (κ1) is 25.0. The number of halogens is 1. The molecule has 0 amide bonds. The Morgan fingerprint density at radius 3 is 2.49 bits per heavy atom. The van der Waals surface area contributed by atoms with E-state index in [-0.39, 0.29) is 17.4 Å². The van der Waals surface area contributed by atoms with Crippen LogP contribution in [0.1, 0.15) is 44.1 Å². The van der Waals surface area contributed by atoms with Gasteiger partial charge in [-0.2, -0.15) is 9.97 Å². The lowest BCUT2D eigenvalue weighted by Gasteiger charge is -2.34. The van der Waals surface area contributed by atoms with Crippen molar-refractivity contribution in [3.63, 3.8) is 0 Å². The predicted molar refractivity (Wildman–Crippen MR) is 161 cm³/mol. The minimum absolute atomic E-state index is 0.0571. The number of anilines is 1. The Balaban J connectivity index is 1.26. The second kappa shape index (κ2) is 9.68. The molecule has 4 saturated heterocycles. The number of piperazine rings is 1. The van der Waals surface area contributed by atoms with Gasteiger partial charge in [0.1, 0.15) is 17.9 Å². The van der Waals surface area contributed by atoms with Crippen molar-refractivity contribution < 1.29 is 9.13 Å². The minimum atomic E-state index is -0.366. The van der Waals surface area contributed by atoms with E-state index >= 15 is 4.39 Å². The molecular weight excluding hydrogens is 513 g/mol. The van der Waals surface area contributed by atoms with Crippen molar-refractivity contribution in [3.05, 3.63) is 59.9 Å². The molecular formula is C34H34FN5O. The van der Waals surface area contributed by atoms with Crippen LogP contribution < -0.4 is 15.0 Å². The van der Waals surface area contributed by atoms with E-state index in [1.165, 1.54) is 12.8 Å². The summed E-state index contributed by atoms with van der Waals surface area (Å²) in [5.41, 5.74) is 2.36. The van der Waals surface area contributed by atoms with Gasteiger partial charge in [-0.15, -0.1) is 6.42 Å². The van der Waals surface area contributed by atoms with Gasteiger partial charge in [-0.3, -0.25) is 4.90 Å². The fourth-order valence-corrected chi connectivity index (χ4v) is 7.95. The van der Waals surface area contributed by atoms with Crippen LogP contribution in [-0.2, 0) is 0 Å². The normalized spacial score (nSPS) is 23.3. The number of ether oxygens (including phenoxy) is 1. The van der Waals surface area contributed by atoms with E-state index in [9.17, 15) is 0 Å². The van der Waals surface area contributed by atoms with Crippen LogP contribution in [0.15, 0.2) is 48.5 Å². The summed E-state index contributed by atoms with van der Waals surface area (Å²) in [5.74, 6) is 3.19. The van der Waals surface area contributed by atoms with E-state index in [1.54, 1.807) is 0 Å². The number of nitrogens with zero attached hydrogens (tertiary/aromatic N) is 4. The van der Waals surface area contributed by atoms with Gasteiger partial charge in [-0.1, -0.05) is 42.3 Å². The molecule has 1 N–H and O–H groups in total. The number of hydrogen-bond donors (Lipinski definition) is 1. The number of rotatable bonds is 5. The zero-order valence-corrected chi connectivity index (χ0v) is 23.2. The van der Waals surface area contributed by atoms with Gasteiger partial charge in [0.05, 0.1) is 5.54 Å².